The van der Waals surface area contributed by atoms with Crippen molar-refractivity contribution in [2.24, 2.45) is 0 Å². The molecule has 0 aliphatic heterocycles. The lowest BCUT2D eigenvalue weighted by molar-refractivity contribution is 0.378. The van der Waals surface area contributed by atoms with E-state index < -0.39 is 0 Å². The Labute approximate surface area is 109 Å². The molecule has 1 aromatic rings. The topological polar surface area (TPSA) is 63.2 Å². The molecule has 1 N–H and O–H groups in total. The highest BCUT2D eigenvalue weighted by Gasteiger charge is 2.16. The Bertz CT molecular complexity index is 371. The first-order chi connectivity index (χ1) is 8.65. The van der Waals surface area contributed by atoms with Gasteiger partial charge in [0, 0.05) is 19.1 Å². The predicted octanol–water partition coefficient (Wildman–Crippen LogP) is 1.94. The van der Waals surface area contributed by atoms with Gasteiger partial charge < -0.3 is 15.0 Å². The van der Waals surface area contributed by atoms with Crippen LogP contribution in [0.5, 0.6) is 6.01 Å². The van der Waals surface area contributed by atoms with Gasteiger partial charge in [0.15, 0.2) is 0 Å². The molecule has 0 saturated carbocycles. The Hall–Kier alpha value is -1.59. The molecule has 1 heterocycles. The predicted molar refractivity (Wildman–Crippen MR) is 73.3 cm³/mol. The second kappa shape index (κ2) is 6.98. The molecule has 1 rings (SSSR count). The molecule has 0 bridgehead atoms. The molecular weight excluding hydrogens is 230 g/mol. The van der Waals surface area contributed by atoms with Gasteiger partial charge in [-0.3, -0.25) is 0 Å². The minimum absolute atomic E-state index is 0.345. The number of anilines is 2. The van der Waals surface area contributed by atoms with Crippen LogP contribution >= 0.6 is 0 Å². The van der Waals surface area contributed by atoms with Crippen molar-refractivity contribution in [1.29, 1.82) is 0 Å². The fourth-order valence-electron chi connectivity index (χ4n) is 1.67. The third-order valence-electron chi connectivity index (χ3n) is 2.84. The monoisotopic (exact) mass is 253 g/mol. The Morgan fingerprint density at radius 1 is 1.22 bits per heavy atom. The van der Waals surface area contributed by atoms with Crippen LogP contribution in [-0.2, 0) is 0 Å². The molecule has 102 valence electrons. The minimum atomic E-state index is 0.345. The van der Waals surface area contributed by atoms with E-state index >= 15 is 0 Å². The quantitative estimate of drug-likeness (QED) is 0.801. The zero-order valence-corrected chi connectivity index (χ0v) is 11.9. The SMILES string of the molecule is CCNc1nc(OC)nc(N(CC)C(C)CC)n1. The van der Waals surface area contributed by atoms with Crippen molar-refractivity contribution in [2.45, 2.75) is 40.2 Å². The molecule has 0 fully saturated rings. The van der Waals surface area contributed by atoms with Crippen LogP contribution in [0, 0.1) is 0 Å². The summed E-state index contributed by atoms with van der Waals surface area (Å²) in [6.07, 6.45) is 1.04. The van der Waals surface area contributed by atoms with Gasteiger partial charge in [0.05, 0.1) is 7.11 Å². The summed E-state index contributed by atoms with van der Waals surface area (Å²) in [7, 11) is 1.56. The normalized spacial score (nSPS) is 12.1. The van der Waals surface area contributed by atoms with Crippen LogP contribution in [0.2, 0.25) is 0 Å². The molecule has 6 heteroatoms. The van der Waals surface area contributed by atoms with E-state index in [2.05, 4.69) is 45.9 Å². The highest BCUT2D eigenvalue weighted by Crippen LogP contribution is 2.17. The maximum Gasteiger partial charge on any atom is 0.322 e. The maximum atomic E-state index is 5.12. The van der Waals surface area contributed by atoms with Crippen LogP contribution in [0.3, 0.4) is 0 Å². The van der Waals surface area contributed by atoms with Gasteiger partial charge in [0.2, 0.25) is 11.9 Å². The van der Waals surface area contributed by atoms with Gasteiger partial charge in [-0.1, -0.05) is 6.92 Å². The van der Waals surface area contributed by atoms with Crippen molar-refractivity contribution >= 4 is 11.9 Å². The number of methoxy groups -OCH3 is 1. The van der Waals surface area contributed by atoms with Crippen LogP contribution in [-0.4, -0.2) is 41.2 Å². The van der Waals surface area contributed by atoms with E-state index in [1.807, 2.05) is 6.92 Å². The van der Waals surface area contributed by atoms with Gasteiger partial charge in [0.25, 0.3) is 0 Å². The average molecular weight is 253 g/mol. The summed E-state index contributed by atoms with van der Waals surface area (Å²) < 4.78 is 5.12. The molecule has 1 unspecified atom stereocenters. The molecular formula is C12H23N5O. The highest BCUT2D eigenvalue weighted by molar-refractivity contribution is 5.39. The summed E-state index contributed by atoms with van der Waals surface area (Å²) in [4.78, 5) is 15.0. The van der Waals surface area contributed by atoms with Crippen LogP contribution in [0.15, 0.2) is 0 Å². The fourth-order valence-corrected chi connectivity index (χ4v) is 1.67. The van der Waals surface area contributed by atoms with Crippen molar-refractivity contribution in [2.75, 3.05) is 30.4 Å². The maximum absolute atomic E-state index is 5.12. The van der Waals surface area contributed by atoms with Gasteiger partial charge in [-0.2, -0.15) is 15.0 Å². The summed E-state index contributed by atoms with van der Waals surface area (Å²) in [5, 5.41) is 3.09. The molecule has 0 saturated heterocycles. The molecule has 6 nitrogen and oxygen atoms in total. The van der Waals surface area contributed by atoms with E-state index in [-0.39, 0.29) is 0 Å². The van der Waals surface area contributed by atoms with E-state index in [1.165, 1.54) is 0 Å². The molecule has 18 heavy (non-hydrogen) atoms. The van der Waals surface area contributed by atoms with E-state index in [1.54, 1.807) is 7.11 Å². The van der Waals surface area contributed by atoms with Crippen molar-refractivity contribution in [3.8, 4) is 6.01 Å². The first-order valence-corrected chi connectivity index (χ1v) is 6.46. The lowest BCUT2D eigenvalue weighted by Crippen LogP contribution is -2.34. The van der Waals surface area contributed by atoms with Gasteiger partial charge in [-0.25, -0.2) is 0 Å². The first-order valence-electron chi connectivity index (χ1n) is 6.46. The molecule has 0 amide bonds. The summed E-state index contributed by atoms with van der Waals surface area (Å²) in [6, 6.07) is 0.731. The molecule has 1 atom stereocenters. The number of hydrogen-bond acceptors (Lipinski definition) is 6. The Balaban J connectivity index is 3.08. The lowest BCUT2D eigenvalue weighted by atomic mass is 10.2. The van der Waals surface area contributed by atoms with Gasteiger partial charge in [-0.05, 0) is 27.2 Å². The summed E-state index contributed by atoms with van der Waals surface area (Å²) in [5.74, 6) is 1.22. The third kappa shape index (κ3) is 3.45. The number of nitrogens with one attached hydrogen (secondary N) is 1. The second-order valence-corrected chi connectivity index (χ2v) is 4.02. The average Bonchev–Trinajstić information content (AvgIpc) is 2.39. The zero-order valence-electron chi connectivity index (χ0n) is 11.9. The number of rotatable bonds is 7. The van der Waals surface area contributed by atoms with E-state index in [0.717, 1.165) is 19.5 Å². The zero-order chi connectivity index (χ0) is 13.5. The van der Waals surface area contributed by atoms with E-state index in [9.17, 15) is 0 Å². The van der Waals surface area contributed by atoms with Crippen molar-refractivity contribution in [3.05, 3.63) is 0 Å². The third-order valence-corrected chi connectivity index (χ3v) is 2.84. The van der Waals surface area contributed by atoms with Crippen molar-refractivity contribution in [1.82, 2.24) is 15.0 Å². The van der Waals surface area contributed by atoms with E-state index in [0.29, 0.717) is 23.9 Å². The number of nitrogens with zero attached hydrogens (tertiary/aromatic N) is 4. The molecule has 0 spiro atoms. The van der Waals surface area contributed by atoms with Crippen LogP contribution in [0.4, 0.5) is 11.9 Å². The summed E-state index contributed by atoms with van der Waals surface area (Å²) in [6.45, 7) is 10.0. The molecule has 0 radical (unpaired) electrons. The Kier molecular flexibility index (Phi) is 5.61. The number of hydrogen-bond donors (Lipinski definition) is 1. The minimum Gasteiger partial charge on any atom is -0.467 e. The summed E-state index contributed by atoms with van der Waals surface area (Å²) >= 11 is 0. The standard InChI is InChI=1S/C12H23N5O/c1-6-9(4)17(8-3)11-14-10(13-7-2)15-12(16-11)18-5/h9H,6-8H2,1-5H3,(H,13,14,15,16). The molecule has 0 aliphatic carbocycles. The second-order valence-electron chi connectivity index (χ2n) is 4.02. The number of aromatic nitrogens is 3. The molecule has 0 aromatic carbocycles. The Morgan fingerprint density at radius 2 is 1.94 bits per heavy atom. The van der Waals surface area contributed by atoms with Crippen LogP contribution in [0.1, 0.15) is 34.1 Å². The van der Waals surface area contributed by atoms with Crippen molar-refractivity contribution in [3.63, 3.8) is 0 Å². The first kappa shape index (κ1) is 14.5. The molecule has 1 aromatic heterocycles. The number of ether oxygens (including phenoxy) is 1. The highest BCUT2D eigenvalue weighted by atomic mass is 16.5. The van der Waals surface area contributed by atoms with Gasteiger partial charge >= 0.3 is 6.01 Å². The largest absolute Gasteiger partial charge is 0.467 e. The van der Waals surface area contributed by atoms with Crippen LogP contribution in [0.25, 0.3) is 0 Å². The lowest BCUT2D eigenvalue weighted by Gasteiger charge is -2.27. The van der Waals surface area contributed by atoms with Gasteiger partial charge in [0.1, 0.15) is 0 Å². The molecule has 0 aliphatic rings. The van der Waals surface area contributed by atoms with E-state index in [4.69, 9.17) is 4.74 Å². The Morgan fingerprint density at radius 3 is 2.44 bits per heavy atom. The summed E-state index contributed by atoms with van der Waals surface area (Å²) in [5.41, 5.74) is 0. The van der Waals surface area contributed by atoms with Crippen LogP contribution < -0.4 is 15.0 Å². The van der Waals surface area contributed by atoms with Crippen molar-refractivity contribution < 1.29 is 4.74 Å². The van der Waals surface area contributed by atoms with Gasteiger partial charge in [-0.15, -0.1) is 0 Å². The smallest absolute Gasteiger partial charge is 0.322 e. The fraction of sp³-hybridized carbons (Fsp3) is 0.750.